The molecule has 23 heavy (non-hydrogen) atoms. The maximum Gasteiger partial charge on any atom is 0.213 e. The Hall–Kier alpha value is -2.71. The number of pyridine rings is 1. The van der Waals surface area contributed by atoms with E-state index in [-0.39, 0.29) is 5.78 Å². The van der Waals surface area contributed by atoms with Gasteiger partial charge in [0.1, 0.15) is 5.69 Å². The number of halogens is 1. The number of aromatic nitrogens is 1. The number of benzene rings is 3. The lowest BCUT2D eigenvalue weighted by Crippen LogP contribution is -2.06. The summed E-state index contributed by atoms with van der Waals surface area (Å²) < 4.78 is 0. The van der Waals surface area contributed by atoms with Gasteiger partial charge in [-0.05, 0) is 23.6 Å². The Labute approximate surface area is 138 Å². The molecule has 0 saturated carbocycles. The number of nitrogens with zero attached hydrogens (tertiary/aromatic N) is 1. The van der Waals surface area contributed by atoms with E-state index in [1.54, 1.807) is 12.1 Å². The zero-order valence-electron chi connectivity index (χ0n) is 12.2. The minimum absolute atomic E-state index is 0.155. The Morgan fingerprint density at radius 3 is 2.13 bits per heavy atom. The summed E-state index contributed by atoms with van der Waals surface area (Å²) in [6, 6.07) is 22.8. The minimum Gasteiger partial charge on any atom is -0.287 e. The third-order valence-electron chi connectivity index (χ3n) is 3.94. The summed E-state index contributed by atoms with van der Waals surface area (Å²) in [6.07, 6.45) is 0. The monoisotopic (exact) mass is 317 g/mol. The zero-order valence-corrected chi connectivity index (χ0v) is 12.9. The van der Waals surface area contributed by atoms with Gasteiger partial charge in [-0.3, -0.25) is 4.79 Å². The maximum atomic E-state index is 13.0. The van der Waals surface area contributed by atoms with Crippen LogP contribution in [-0.4, -0.2) is 10.8 Å². The molecule has 0 spiro atoms. The normalized spacial score (nSPS) is 11.0. The molecule has 0 unspecified atom stereocenters. The lowest BCUT2D eigenvalue weighted by atomic mass is 9.99. The molecule has 0 aliphatic heterocycles. The van der Waals surface area contributed by atoms with E-state index in [4.69, 9.17) is 11.6 Å². The number of ketones is 1. The fourth-order valence-electron chi connectivity index (χ4n) is 2.85. The molecule has 0 bridgehead atoms. The molecule has 0 atom stereocenters. The number of fused-ring (bicyclic) bond motifs is 3. The van der Waals surface area contributed by atoms with Crippen molar-refractivity contribution in [2.75, 3.05) is 0 Å². The Kier molecular flexibility index (Phi) is 3.32. The highest BCUT2D eigenvalue weighted by atomic mass is 35.5. The highest BCUT2D eigenvalue weighted by Gasteiger charge is 2.18. The van der Waals surface area contributed by atoms with Crippen molar-refractivity contribution < 1.29 is 4.79 Å². The molecule has 4 rings (SSSR count). The maximum absolute atomic E-state index is 13.0. The van der Waals surface area contributed by atoms with E-state index in [0.29, 0.717) is 16.3 Å². The van der Waals surface area contributed by atoms with Crippen molar-refractivity contribution in [2.24, 2.45) is 0 Å². The third kappa shape index (κ3) is 2.28. The second-order valence-electron chi connectivity index (χ2n) is 5.33. The number of carbonyl (C=O) groups excluding carboxylic acids is 1. The van der Waals surface area contributed by atoms with Crippen molar-refractivity contribution in [3.63, 3.8) is 0 Å². The summed E-state index contributed by atoms with van der Waals surface area (Å²) in [5.41, 5.74) is 1.72. The Morgan fingerprint density at radius 2 is 1.35 bits per heavy atom. The first-order chi connectivity index (χ1) is 11.3. The average molecular weight is 318 g/mol. The van der Waals surface area contributed by atoms with E-state index < -0.39 is 0 Å². The predicted molar refractivity (Wildman–Crippen MR) is 94.1 cm³/mol. The van der Waals surface area contributed by atoms with Crippen molar-refractivity contribution >= 4 is 39.1 Å². The van der Waals surface area contributed by atoms with Crippen molar-refractivity contribution in [3.05, 3.63) is 89.1 Å². The van der Waals surface area contributed by atoms with Crippen molar-refractivity contribution in [1.29, 1.82) is 0 Å². The van der Waals surface area contributed by atoms with Gasteiger partial charge in [-0.1, -0.05) is 66.2 Å². The first-order valence-electron chi connectivity index (χ1n) is 7.32. The summed E-state index contributed by atoms with van der Waals surface area (Å²) in [5.74, 6) is -0.155. The Balaban J connectivity index is 2.06. The molecule has 0 radical (unpaired) electrons. The van der Waals surface area contributed by atoms with Gasteiger partial charge in [-0.25, -0.2) is 4.98 Å². The molecule has 0 aliphatic carbocycles. The Morgan fingerprint density at radius 1 is 0.739 bits per heavy atom. The van der Waals surface area contributed by atoms with E-state index in [1.165, 1.54) is 0 Å². The molecule has 0 N–H and O–H groups in total. The first kappa shape index (κ1) is 13.9. The van der Waals surface area contributed by atoms with Crippen LogP contribution in [0.15, 0.2) is 72.8 Å². The van der Waals surface area contributed by atoms with E-state index >= 15 is 0 Å². The van der Waals surface area contributed by atoms with E-state index in [0.717, 1.165) is 21.7 Å². The third-order valence-corrected chi connectivity index (χ3v) is 4.27. The van der Waals surface area contributed by atoms with Crippen LogP contribution in [0, 0.1) is 0 Å². The van der Waals surface area contributed by atoms with Crippen LogP contribution in [0.1, 0.15) is 16.1 Å². The van der Waals surface area contributed by atoms with Crippen LogP contribution >= 0.6 is 11.6 Å². The minimum atomic E-state index is -0.155. The molecule has 110 valence electrons. The van der Waals surface area contributed by atoms with E-state index in [9.17, 15) is 4.79 Å². The SMILES string of the molecule is O=C(c1ccccc1Cl)c1nc2ccccc2c2ccccc12. The molecule has 0 amide bonds. The van der Waals surface area contributed by atoms with Gasteiger partial charge in [-0.2, -0.15) is 0 Å². The number of carbonyl (C=O) groups is 1. The van der Waals surface area contributed by atoms with E-state index in [1.807, 2.05) is 60.7 Å². The fraction of sp³-hybridized carbons (Fsp3) is 0. The number of hydrogen-bond donors (Lipinski definition) is 0. The average Bonchev–Trinajstić information content (AvgIpc) is 2.61. The van der Waals surface area contributed by atoms with Crippen LogP contribution in [0.3, 0.4) is 0 Å². The fourth-order valence-corrected chi connectivity index (χ4v) is 3.07. The lowest BCUT2D eigenvalue weighted by molar-refractivity contribution is 0.103. The van der Waals surface area contributed by atoms with Crippen LogP contribution in [0.25, 0.3) is 21.7 Å². The molecule has 3 heteroatoms. The second kappa shape index (κ2) is 5.49. The van der Waals surface area contributed by atoms with Gasteiger partial charge >= 0.3 is 0 Å². The quantitative estimate of drug-likeness (QED) is 0.372. The largest absolute Gasteiger partial charge is 0.287 e. The summed E-state index contributed by atoms with van der Waals surface area (Å²) in [6.45, 7) is 0. The van der Waals surface area contributed by atoms with Gasteiger partial charge in [0.05, 0.1) is 10.5 Å². The molecule has 4 aromatic rings. The number of hydrogen-bond acceptors (Lipinski definition) is 2. The summed E-state index contributed by atoms with van der Waals surface area (Å²) in [7, 11) is 0. The molecular weight excluding hydrogens is 306 g/mol. The molecule has 1 aromatic heterocycles. The topological polar surface area (TPSA) is 30.0 Å². The number of para-hydroxylation sites is 1. The summed E-state index contributed by atoms with van der Waals surface area (Å²) >= 11 is 6.19. The molecule has 2 nitrogen and oxygen atoms in total. The van der Waals surface area contributed by atoms with Gasteiger partial charge in [0, 0.05) is 16.3 Å². The van der Waals surface area contributed by atoms with Crippen LogP contribution in [-0.2, 0) is 0 Å². The second-order valence-corrected chi connectivity index (χ2v) is 5.74. The lowest BCUT2D eigenvalue weighted by Gasteiger charge is -2.09. The van der Waals surface area contributed by atoms with Gasteiger partial charge < -0.3 is 0 Å². The van der Waals surface area contributed by atoms with Crippen LogP contribution in [0.5, 0.6) is 0 Å². The van der Waals surface area contributed by atoms with Gasteiger partial charge in [0.15, 0.2) is 0 Å². The predicted octanol–water partition coefficient (Wildman–Crippen LogP) is 5.27. The highest BCUT2D eigenvalue weighted by molar-refractivity contribution is 6.35. The number of rotatable bonds is 2. The zero-order chi connectivity index (χ0) is 15.8. The summed E-state index contributed by atoms with van der Waals surface area (Å²) in [4.78, 5) is 17.6. The smallest absolute Gasteiger partial charge is 0.213 e. The highest BCUT2D eigenvalue weighted by Crippen LogP contribution is 2.28. The molecule has 0 saturated heterocycles. The van der Waals surface area contributed by atoms with Crippen molar-refractivity contribution in [3.8, 4) is 0 Å². The summed E-state index contributed by atoms with van der Waals surface area (Å²) in [5, 5.41) is 3.35. The van der Waals surface area contributed by atoms with Crippen molar-refractivity contribution in [1.82, 2.24) is 4.98 Å². The van der Waals surface area contributed by atoms with Crippen molar-refractivity contribution in [2.45, 2.75) is 0 Å². The molecule has 0 fully saturated rings. The van der Waals surface area contributed by atoms with Crippen LogP contribution in [0.2, 0.25) is 5.02 Å². The Bertz CT molecular complexity index is 1060. The molecular formula is C20H12ClNO. The van der Waals surface area contributed by atoms with Crippen LogP contribution < -0.4 is 0 Å². The van der Waals surface area contributed by atoms with Crippen LogP contribution in [0.4, 0.5) is 0 Å². The molecule has 0 aliphatic rings. The standard InChI is InChI=1S/C20H12ClNO/c21-17-11-5-3-10-16(17)20(23)19-15-9-2-1-7-13(15)14-8-4-6-12-18(14)22-19/h1-12H. The molecule has 1 heterocycles. The van der Waals surface area contributed by atoms with Gasteiger partial charge in [0.2, 0.25) is 5.78 Å². The van der Waals surface area contributed by atoms with Gasteiger partial charge in [-0.15, -0.1) is 0 Å². The first-order valence-corrected chi connectivity index (χ1v) is 7.70. The molecule has 3 aromatic carbocycles. The van der Waals surface area contributed by atoms with Gasteiger partial charge in [0.25, 0.3) is 0 Å². The van der Waals surface area contributed by atoms with E-state index in [2.05, 4.69) is 4.98 Å².